The molecule has 0 aromatic heterocycles. The second kappa shape index (κ2) is 7.23. The van der Waals surface area contributed by atoms with Gasteiger partial charge in [-0.05, 0) is 38.4 Å². The van der Waals surface area contributed by atoms with Crippen molar-refractivity contribution in [3.05, 3.63) is 34.3 Å². The van der Waals surface area contributed by atoms with Gasteiger partial charge in [-0.15, -0.1) is 0 Å². The van der Waals surface area contributed by atoms with Gasteiger partial charge in [0.1, 0.15) is 0 Å². The van der Waals surface area contributed by atoms with Gasteiger partial charge < -0.3 is 5.32 Å². The zero-order valence-corrected chi connectivity index (χ0v) is 13.8. The maximum absolute atomic E-state index is 12.3. The zero-order chi connectivity index (χ0) is 14.5. The molecule has 4 heteroatoms. The molecule has 1 aromatic rings. The van der Waals surface area contributed by atoms with Gasteiger partial charge in [-0.1, -0.05) is 47.0 Å². The number of amides is 1. The van der Waals surface area contributed by atoms with Crippen molar-refractivity contribution >= 4 is 21.8 Å². The van der Waals surface area contributed by atoms with Crippen LogP contribution in [-0.2, 0) is 11.3 Å². The molecule has 1 aromatic carbocycles. The molecule has 1 amide bonds. The fourth-order valence-electron chi connectivity index (χ4n) is 2.62. The largest absolute Gasteiger partial charge is 0.352 e. The highest BCUT2D eigenvalue weighted by atomic mass is 79.9. The standard InChI is InChI=1S/C16H23BrN2O/c1-12(16(20)18-14-8-4-5-9-14)19(2)11-13-7-3-6-10-15(13)17/h3,6-7,10,12,14H,4-5,8-9,11H2,1-2H3,(H,18,20). The molecule has 0 spiro atoms. The summed E-state index contributed by atoms with van der Waals surface area (Å²) in [5, 5.41) is 3.17. The number of carbonyl (C=O) groups excluding carboxylic acids is 1. The summed E-state index contributed by atoms with van der Waals surface area (Å²) in [5.41, 5.74) is 1.20. The molecule has 1 saturated carbocycles. The Kier molecular flexibility index (Phi) is 5.61. The monoisotopic (exact) mass is 338 g/mol. The van der Waals surface area contributed by atoms with E-state index in [4.69, 9.17) is 0 Å². The number of halogens is 1. The third-order valence-electron chi connectivity index (χ3n) is 4.12. The predicted molar refractivity (Wildman–Crippen MR) is 85.5 cm³/mol. The number of hydrogen-bond donors (Lipinski definition) is 1. The van der Waals surface area contributed by atoms with Crippen LogP contribution in [0, 0.1) is 0 Å². The molecular formula is C16H23BrN2O. The SMILES string of the molecule is CC(C(=O)NC1CCCC1)N(C)Cc1ccccc1Br. The van der Waals surface area contributed by atoms with E-state index in [1.54, 1.807) is 0 Å². The minimum atomic E-state index is -0.109. The van der Waals surface area contributed by atoms with Crippen molar-refractivity contribution in [2.24, 2.45) is 0 Å². The van der Waals surface area contributed by atoms with Crippen LogP contribution in [0.25, 0.3) is 0 Å². The Morgan fingerprint density at radius 3 is 2.70 bits per heavy atom. The van der Waals surface area contributed by atoms with E-state index in [1.165, 1.54) is 18.4 Å². The molecule has 0 aliphatic heterocycles. The van der Waals surface area contributed by atoms with E-state index < -0.39 is 0 Å². The van der Waals surface area contributed by atoms with E-state index in [0.717, 1.165) is 23.9 Å². The number of nitrogens with zero attached hydrogens (tertiary/aromatic N) is 1. The topological polar surface area (TPSA) is 32.3 Å². The van der Waals surface area contributed by atoms with E-state index in [9.17, 15) is 4.79 Å². The number of nitrogens with one attached hydrogen (secondary N) is 1. The zero-order valence-electron chi connectivity index (χ0n) is 12.2. The van der Waals surface area contributed by atoms with Gasteiger partial charge in [0.25, 0.3) is 0 Å². The van der Waals surface area contributed by atoms with Crippen molar-refractivity contribution in [2.75, 3.05) is 7.05 Å². The number of rotatable bonds is 5. The summed E-state index contributed by atoms with van der Waals surface area (Å²) in [4.78, 5) is 14.3. The molecule has 110 valence electrons. The van der Waals surface area contributed by atoms with Crippen molar-refractivity contribution in [1.82, 2.24) is 10.2 Å². The molecule has 0 saturated heterocycles. The van der Waals surface area contributed by atoms with Crippen LogP contribution in [0.5, 0.6) is 0 Å². The Bertz CT molecular complexity index is 458. The summed E-state index contributed by atoms with van der Waals surface area (Å²) in [5.74, 6) is 0.145. The van der Waals surface area contributed by atoms with E-state index in [-0.39, 0.29) is 11.9 Å². The molecule has 0 bridgehead atoms. The van der Waals surface area contributed by atoms with Gasteiger partial charge in [-0.2, -0.15) is 0 Å². The molecule has 0 radical (unpaired) electrons. The first kappa shape index (κ1) is 15.5. The van der Waals surface area contributed by atoms with Crippen molar-refractivity contribution in [3.8, 4) is 0 Å². The average Bonchev–Trinajstić information content (AvgIpc) is 2.93. The molecule has 1 aliphatic rings. The number of likely N-dealkylation sites (N-methyl/N-ethyl adjacent to an activating group) is 1. The highest BCUT2D eigenvalue weighted by Crippen LogP contribution is 2.19. The van der Waals surface area contributed by atoms with Crippen LogP contribution in [0.1, 0.15) is 38.2 Å². The lowest BCUT2D eigenvalue weighted by molar-refractivity contribution is -0.126. The molecule has 1 fully saturated rings. The number of carbonyl (C=O) groups is 1. The van der Waals surface area contributed by atoms with Crippen molar-refractivity contribution in [1.29, 1.82) is 0 Å². The highest BCUT2D eigenvalue weighted by molar-refractivity contribution is 9.10. The predicted octanol–water partition coefficient (Wildman–Crippen LogP) is 3.33. The summed E-state index contributed by atoms with van der Waals surface area (Å²) in [7, 11) is 2.00. The normalized spacial score (nSPS) is 17.4. The fourth-order valence-corrected chi connectivity index (χ4v) is 3.03. The van der Waals surface area contributed by atoms with Gasteiger partial charge in [0.15, 0.2) is 0 Å². The van der Waals surface area contributed by atoms with Gasteiger partial charge in [0.05, 0.1) is 6.04 Å². The lowest BCUT2D eigenvalue weighted by Crippen LogP contribution is -2.46. The number of hydrogen-bond acceptors (Lipinski definition) is 2. The first-order valence-corrected chi connectivity index (χ1v) is 8.11. The van der Waals surface area contributed by atoms with E-state index in [0.29, 0.717) is 6.04 Å². The molecule has 1 atom stereocenters. The Hall–Kier alpha value is -0.870. The second-order valence-corrected chi connectivity index (χ2v) is 6.53. The minimum absolute atomic E-state index is 0.109. The van der Waals surface area contributed by atoms with Crippen LogP contribution in [0.4, 0.5) is 0 Å². The summed E-state index contributed by atoms with van der Waals surface area (Å²) < 4.78 is 1.09. The Morgan fingerprint density at radius 2 is 2.05 bits per heavy atom. The fraction of sp³-hybridized carbons (Fsp3) is 0.562. The van der Waals surface area contributed by atoms with Gasteiger partial charge in [0, 0.05) is 17.1 Å². The van der Waals surface area contributed by atoms with Gasteiger partial charge in [0.2, 0.25) is 5.91 Å². The van der Waals surface area contributed by atoms with Crippen molar-refractivity contribution in [2.45, 2.75) is 51.2 Å². The molecule has 20 heavy (non-hydrogen) atoms. The highest BCUT2D eigenvalue weighted by Gasteiger charge is 2.23. The van der Waals surface area contributed by atoms with E-state index in [1.807, 2.05) is 32.2 Å². The summed E-state index contributed by atoms with van der Waals surface area (Å²) in [6.07, 6.45) is 4.75. The molecular weight excluding hydrogens is 316 g/mol. The lowest BCUT2D eigenvalue weighted by atomic mass is 10.1. The minimum Gasteiger partial charge on any atom is -0.352 e. The molecule has 0 heterocycles. The Labute approximate surface area is 129 Å². The smallest absolute Gasteiger partial charge is 0.237 e. The summed E-state index contributed by atoms with van der Waals surface area (Å²) >= 11 is 3.55. The summed E-state index contributed by atoms with van der Waals surface area (Å²) in [6.45, 7) is 2.74. The Balaban J connectivity index is 1.89. The van der Waals surface area contributed by atoms with E-state index in [2.05, 4.69) is 32.2 Å². The van der Waals surface area contributed by atoms with Gasteiger partial charge in [-0.25, -0.2) is 0 Å². The van der Waals surface area contributed by atoms with Crippen LogP contribution in [-0.4, -0.2) is 29.9 Å². The first-order valence-electron chi connectivity index (χ1n) is 7.32. The van der Waals surface area contributed by atoms with Crippen LogP contribution in [0.3, 0.4) is 0 Å². The maximum Gasteiger partial charge on any atom is 0.237 e. The third-order valence-corrected chi connectivity index (χ3v) is 4.89. The Morgan fingerprint density at radius 1 is 1.40 bits per heavy atom. The molecule has 1 N–H and O–H groups in total. The molecule has 1 aliphatic carbocycles. The van der Waals surface area contributed by atoms with Crippen LogP contribution < -0.4 is 5.32 Å². The van der Waals surface area contributed by atoms with Gasteiger partial charge in [-0.3, -0.25) is 9.69 Å². The van der Waals surface area contributed by atoms with Crippen LogP contribution in [0.15, 0.2) is 28.7 Å². The second-order valence-electron chi connectivity index (χ2n) is 5.67. The third kappa shape index (κ3) is 4.06. The quantitative estimate of drug-likeness (QED) is 0.893. The van der Waals surface area contributed by atoms with Crippen LogP contribution in [0.2, 0.25) is 0 Å². The molecule has 2 rings (SSSR count). The van der Waals surface area contributed by atoms with Crippen molar-refractivity contribution < 1.29 is 4.79 Å². The lowest BCUT2D eigenvalue weighted by Gasteiger charge is -2.25. The van der Waals surface area contributed by atoms with Crippen molar-refractivity contribution in [3.63, 3.8) is 0 Å². The average molecular weight is 339 g/mol. The van der Waals surface area contributed by atoms with E-state index >= 15 is 0 Å². The molecule has 3 nitrogen and oxygen atoms in total. The number of benzene rings is 1. The summed E-state index contributed by atoms with van der Waals surface area (Å²) in [6, 6.07) is 8.43. The maximum atomic E-state index is 12.3. The molecule has 1 unspecified atom stereocenters. The van der Waals surface area contributed by atoms with Crippen LogP contribution >= 0.6 is 15.9 Å². The first-order chi connectivity index (χ1) is 9.58. The van der Waals surface area contributed by atoms with Gasteiger partial charge >= 0.3 is 0 Å².